The van der Waals surface area contributed by atoms with E-state index in [9.17, 15) is 31.4 Å². The van der Waals surface area contributed by atoms with Crippen LogP contribution in [0.4, 0.5) is 26.3 Å². The second kappa shape index (κ2) is 5.31. The Labute approximate surface area is 133 Å². The highest BCUT2D eigenvalue weighted by molar-refractivity contribution is 8.00. The predicted molar refractivity (Wildman–Crippen MR) is 74.0 cm³/mol. The number of hydrogen-bond acceptors (Lipinski definition) is 2. The first-order chi connectivity index (χ1) is 10.5. The van der Waals surface area contributed by atoms with E-state index in [4.69, 9.17) is 0 Å². The van der Waals surface area contributed by atoms with Gasteiger partial charge in [-0.1, -0.05) is 0 Å². The zero-order valence-electron chi connectivity index (χ0n) is 11.8. The fourth-order valence-electron chi connectivity index (χ4n) is 3.38. The first-order valence-electron chi connectivity index (χ1n) is 7.15. The second-order valence-electron chi connectivity index (χ2n) is 6.19. The fourth-order valence-corrected chi connectivity index (χ4v) is 5.21. The molecule has 0 radical (unpaired) electrons. The maximum atomic E-state index is 12.9. The monoisotopic (exact) mass is 356 g/mol. The second-order valence-corrected chi connectivity index (χ2v) is 7.80. The summed E-state index contributed by atoms with van der Waals surface area (Å²) in [5.74, 6) is 0. The van der Waals surface area contributed by atoms with Gasteiger partial charge in [-0.25, -0.2) is 0 Å². The molecule has 128 valence electrons. The van der Waals surface area contributed by atoms with Crippen LogP contribution in [0.15, 0.2) is 18.2 Å². The minimum Gasteiger partial charge on any atom is -0.385 e. The maximum absolute atomic E-state index is 12.9. The normalized spacial score (nSPS) is 31.4. The molecule has 2 unspecified atom stereocenters. The maximum Gasteiger partial charge on any atom is 0.416 e. The van der Waals surface area contributed by atoms with Crippen LogP contribution in [0.1, 0.15) is 42.4 Å². The van der Waals surface area contributed by atoms with Crippen molar-refractivity contribution in [1.29, 1.82) is 0 Å². The van der Waals surface area contributed by atoms with Crippen molar-refractivity contribution in [3.8, 4) is 0 Å². The topological polar surface area (TPSA) is 20.2 Å². The van der Waals surface area contributed by atoms with Crippen molar-refractivity contribution < 1.29 is 31.4 Å². The molecule has 2 fully saturated rings. The smallest absolute Gasteiger partial charge is 0.385 e. The Kier molecular flexibility index (Phi) is 3.91. The van der Waals surface area contributed by atoms with Gasteiger partial charge in [-0.3, -0.25) is 0 Å². The van der Waals surface area contributed by atoms with Gasteiger partial charge in [-0.2, -0.15) is 38.1 Å². The first-order valence-corrected chi connectivity index (χ1v) is 8.09. The molecule has 2 bridgehead atoms. The molecule has 0 amide bonds. The molecule has 2 saturated heterocycles. The lowest BCUT2D eigenvalue weighted by atomic mass is 9.84. The third-order valence-electron chi connectivity index (χ3n) is 4.45. The Balaban J connectivity index is 2.07. The summed E-state index contributed by atoms with van der Waals surface area (Å²) in [6, 6.07) is 1.41. The van der Waals surface area contributed by atoms with Crippen LogP contribution in [0, 0.1) is 0 Å². The number of aliphatic hydroxyl groups is 1. The molecular weight excluding hydrogens is 342 g/mol. The average molecular weight is 356 g/mol. The van der Waals surface area contributed by atoms with Crippen LogP contribution < -0.4 is 0 Å². The van der Waals surface area contributed by atoms with Gasteiger partial charge in [-0.15, -0.1) is 0 Å². The van der Waals surface area contributed by atoms with E-state index < -0.39 is 29.1 Å². The molecule has 1 aromatic carbocycles. The Hall–Kier alpha value is -0.890. The SMILES string of the molecule is OC1(c2cc(C(F)(F)F)cc(C(F)(F)F)c2)CC2CCC(C1)S2. The largest absolute Gasteiger partial charge is 0.416 e. The average Bonchev–Trinajstić information content (AvgIpc) is 2.76. The van der Waals surface area contributed by atoms with E-state index in [1.165, 1.54) is 0 Å². The van der Waals surface area contributed by atoms with E-state index >= 15 is 0 Å². The summed E-state index contributed by atoms with van der Waals surface area (Å²) < 4.78 is 77.6. The lowest BCUT2D eigenvalue weighted by Gasteiger charge is -2.37. The summed E-state index contributed by atoms with van der Waals surface area (Å²) in [6.45, 7) is 0. The van der Waals surface area contributed by atoms with Crippen LogP contribution in [0.2, 0.25) is 0 Å². The van der Waals surface area contributed by atoms with Crippen molar-refractivity contribution in [3.05, 3.63) is 34.9 Å². The molecule has 1 aromatic rings. The molecule has 23 heavy (non-hydrogen) atoms. The molecule has 0 aliphatic carbocycles. The predicted octanol–water partition coefficient (Wildman–Crippen LogP) is 4.97. The number of benzene rings is 1. The molecule has 1 nitrogen and oxygen atoms in total. The number of fused-ring (bicyclic) bond motifs is 2. The molecule has 8 heteroatoms. The third-order valence-corrected chi connectivity index (χ3v) is 6.03. The Morgan fingerprint density at radius 2 is 1.30 bits per heavy atom. The van der Waals surface area contributed by atoms with E-state index in [-0.39, 0.29) is 35.0 Å². The van der Waals surface area contributed by atoms with E-state index in [0.717, 1.165) is 12.8 Å². The molecule has 0 saturated carbocycles. The third kappa shape index (κ3) is 3.33. The van der Waals surface area contributed by atoms with Gasteiger partial charge in [0.2, 0.25) is 0 Å². The number of hydrogen-bond donors (Lipinski definition) is 1. The van der Waals surface area contributed by atoms with Crippen molar-refractivity contribution >= 4 is 11.8 Å². The van der Waals surface area contributed by atoms with Gasteiger partial charge in [0, 0.05) is 10.5 Å². The van der Waals surface area contributed by atoms with Crippen LogP contribution in [0.3, 0.4) is 0 Å². The highest BCUT2D eigenvalue weighted by Gasteiger charge is 2.46. The summed E-state index contributed by atoms with van der Waals surface area (Å²) in [6.07, 6.45) is -7.74. The van der Waals surface area contributed by atoms with Crippen molar-refractivity contribution in [3.63, 3.8) is 0 Å². The van der Waals surface area contributed by atoms with Crippen molar-refractivity contribution in [2.45, 2.75) is 54.1 Å². The summed E-state index contributed by atoms with van der Waals surface area (Å²) >= 11 is 1.66. The molecule has 2 heterocycles. The summed E-state index contributed by atoms with van der Waals surface area (Å²) in [5.41, 5.74) is -4.65. The minimum atomic E-state index is -4.89. The van der Waals surface area contributed by atoms with Gasteiger partial charge in [0.1, 0.15) is 0 Å². The lowest BCUT2D eigenvalue weighted by molar-refractivity contribution is -0.143. The van der Waals surface area contributed by atoms with Crippen LogP contribution >= 0.6 is 11.8 Å². The Morgan fingerprint density at radius 1 is 0.870 bits per heavy atom. The van der Waals surface area contributed by atoms with Gasteiger partial charge in [0.05, 0.1) is 16.7 Å². The molecule has 2 aliphatic rings. The Bertz CT molecular complexity index is 565. The van der Waals surface area contributed by atoms with Crippen LogP contribution in [-0.2, 0) is 18.0 Å². The van der Waals surface area contributed by atoms with Gasteiger partial charge in [-0.05, 0) is 49.4 Å². The van der Waals surface area contributed by atoms with Crippen LogP contribution in [0.5, 0.6) is 0 Å². The quantitative estimate of drug-likeness (QED) is 0.717. The molecule has 2 atom stereocenters. The number of alkyl halides is 6. The molecular formula is C15H14F6OS. The summed E-state index contributed by atoms with van der Waals surface area (Å²) in [4.78, 5) is 0. The van der Waals surface area contributed by atoms with Crippen LogP contribution in [0.25, 0.3) is 0 Å². The Morgan fingerprint density at radius 3 is 1.70 bits per heavy atom. The zero-order chi connectivity index (χ0) is 17.0. The molecule has 3 rings (SSSR count). The minimum absolute atomic E-state index is 0.0858. The lowest BCUT2D eigenvalue weighted by Crippen LogP contribution is -2.35. The van der Waals surface area contributed by atoms with E-state index in [2.05, 4.69) is 0 Å². The highest BCUT2D eigenvalue weighted by atomic mass is 32.2. The van der Waals surface area contributed by atoms with Gasteiger partial charge in [0.25, 0.3) is 0 Å². The number of thioether (sulfide) groups is 1. The summed E-state index contributed by atoms with van der Waals surface area (Å²) in [7, 11) is 0. The van der Waals surface area contributed by atoms with Crippen molar-refractivity contribution in [2.75, 3.05) is 0 Å². The summed E-state index contributed by atoms with van der Waals surface area (Å²) in [5, 5.41) is 10.9. The molecule has 0 spiro atoms. The van der Waals surface area contributed by atoms with Gasteiger partial charge in [0.15, 0.2) is 0 Å². The highest BCUT2D eigenvalue weighted by Crippen LogP contribution is 2.52. The van der Waals surface area contributed by atoms with E-state index in [1.807, 2.05) is 0 Å². The van der Waals surface area contributed by atoms with Gasteiger partial charge < -0.3 is 5.11 Å². The van der Waals surface area contributed by atoms with E-state index in [0.29, 0.717) is 12.1 Å². The standard InChI is InChI=1S/C15H14F6OS/c16-14(17,18)9-3-8(4-10(5-9)15(19,20)21)13(22)6-11-1-2-12(7-13)23-11/h3-5,11-12,22H,1-2,6-7H2. The molecule has 0 aromatic heterocycles. The first kappa shape index (κ1) is 17.0. The van der Waals surface area contributed by atoms with Crippen molar-refractivity contribution in [1.82, 2.24) is 0 Å². The molecule has 2 aliphatic heterocycles. The zero-order valence-corrected chi connectivity index (χ0v) is 12.7. The van der Waals surface area contributed by atoms with E-state index in [1.54, 1.807) is 11.8 Å². The van der Waals surface area contributed by atoms with Gasteiger partial charge >= 0.3 is 12.4 Å². The van der Waals surface area contributed by atoms with Crippen LogP contribution in [-0.4, -0.2) is 15.6 Å². The fraction of sp³-hybridized carbons (Fsp3) is 0.600. The molecule has 1 N–H and O–H groups in total. The van der Waals surface area contributed by atoms with Crippen molar-refractivity contribution in [2.24, 2.45) is 0 Å². The number of rotatable bonds is 1. The number of halogens is 6.